The molecule has 0 unspecified atom stereocenters. The molecule has 0 heterocycles. The highest BCUT2D eigenvalue weighted by molar-refractivity contribution is 7.80. The topological polar surface area (TPSA) is 29.1 Å². The predicted molar refractivity (Wildman–Crippen MR) is 53.5 cm³/mol. The van der Waals surface area contributed by atoms with E-state index >= 15 is 0 Å². The summed E-state index contributed by atoms with van der Waals surface area (Å²) < 4.78 is 0. The molecule has 0 bridgehead atoms. The maximum atomic E-state index is 11.2. The van der Waals surface area contributed by atoms with Gasteiger partial charge in [-0.1, -0.05) is 12.8 Å². The Labute approximate surface area is 79.5 Å². The first-order chi connectivity index (χ1) is 5.66. The Morgan fingerprint density at radius 1 is 1.50 bits per heavy atom. The molecule has 1 N–H and O–H groups in total. The van der Waals surface area contributed by atoms with Crippen molar-refractivity contribution in [2.24, 2.45) is 0 Å². The van der Waals surface area contributed by atoms with Gasteiger partial charge in [0.1, 0.15) is 0 Å². The van der Waals surface area contributed by atoms with Crippen LogP contribution in [0.2, 0.25) is 0 Å². The van der Waals surface area contributed by atoms with Crippen LogP contribution in [0.1, 0.15) is 39.0 Å². The number of rotatable bonds is 3. The second-order valence-electron chi connectivity index (χ2n) is 3.79. The molecule has 1 amide bonds. The first-order valence-corrected chi connectivity index (χ1v) is 5.21. The van der Waals surface area contributed by atoms with Crippen molar-refractivity contribution in [3.05, 3.63) is 0 Å². The number of hydrogen-bond acceptors (Lipinski definition) is 2. The predicted octanol–water partition coefficient (Wildman–Crippen LogP) is 1.76. The van der Waals surface area contributed by atoms with E-state index in [4.69, 9.17) is 0 Å². The van der Waals surface area contributed by atoms with Gasteiger partial charge in [-0.05, 0) is 25.5 Å². The molecule has 0 aromatic rings. The number of nitrogens with one attached hydrogen (secondary N) is 1. The lowest BCUT2D eigenvalue weighted by Crippen LogP contribution is -2.43. The van der Waals surface area contributed by atoms with Crippen molar-refractivity contribution >= 4 is 18.5 Å². The zero-order chi connectivity index (χ0) is 9.03. The van der Waals surface area contributed by atoms with Crippen molar-refractivity contribution in [3.63, 3.8) is 0 Å². The maximum Gasteiger partial charge on any atom is 0.221 e. The van der Waals surface area contributed by atoms with Gasteiger partial charge in [0.25, 0.3) is 0 Å². The van der Waals surface area contributed by atoms with Crippen molar-refractivity contribution in [1.29, 1.82) is 0 Å². The van der Waals surface area contributed by atoms with Crippen molar-refractivity contribution in [1.82, 2.24) is 5.32 Å². The largest absolute Gasteiger partial charge is 0.351 e. The number of hydrogen-bond donors (Lipinski definition) is 2. The Morgan fingerprint density at radius 3 is 2.58 bits per heavy atom. The Kier molecular flexibility index (Phi) is 3.44. The van der Waals surface area contributed by atoms with E-state index in [9.17, 15) is 4.79 Å². The van der Waals surface area contributed by atoms with Crippen LogP contribution in [-0.4, -0.2) is 17.2 Å². The van der Waals surface area contributed by atoms with Crippen LogP contribution in [0.3, 0.4) is 0 Å². The van der Waals surface area contributed by atoms with Gasteiger partial charge in [0.15, 0.2) is 0 Å². The van der Waals surface area contributed by atoms with Crippen LogP contribution in [0.25, 0.3) is 0 Å². The molecule has 12 heavy (non-hydrogen) atoms. The lowest BCUT2D eigenvalue weighted by atomic mass is 10.0. The van der Waals surface area contributed by atoms with Crippen molar-refractivity contribution in [2.45, 2.75) is 44.6 Å². The summed E-state index contributed by atoms with van der Waals surface area (Å²) in [6.45, 7) is 2.14. The molecule has 1 saturated carbocycles. The van der Waals surface area contributed by atoms with Crippen molar-refractivity contribution < 1.29 is 4.79 Å². The molecule has 0 aromatic carbocycles. The van der Waals surface area contributed by atoms with E-state index in [1.807, 2.05) is 0 Å². The molecule has 0 atom stereocenters. The molecule has 0 spiro atoms. The molecule has 1 rings (SSSR count). The van der Waals surface area contributed by atoms with Gasteiger partial charge in [0.2, 0.25) is 5.91 Å². The fourth-order valence-corrected chi connectivity index (χ4v) is 1.98. The normalized spacial score (nSPS) is 20.8. The van der Waals surface area contributed by atoms with Gasteiger partial charge in [-0.2, -0.15) is 12.6 Å². The Bertz CT molecular complexity index is 164. The fourth-order valence-electron chi connectivity index (χ4n) is 1.78. The fraction of sp³-hybridized carbons (Fsp3) is 0.889. The van der Waals surface area contributed by atoms with Gasteiger partial charge in [-0.15, -0.1) is 0 Å². The number of amides is 1. The zero-order valence-electron chi connectivity index (χ0n) is 7.60. The van der Waals surface area contributed by atoms with E-state index in [-0.39, 0.29) is 11.4 Å². The lowest BCUT2D eigenvalue weighted by molar-refractivity contribution is -0.122. The molecule has 3 heteroatoms. The molecule has 0 saturated heterocycles. The first kappa shape index (κ1) is 9.90. The number of carbonyl (C=O) groups is 1. The first-order valence-electron chi connectivity index (χ1n) is 4.58. The van der Waals surface area contributed by atoms with Gasteiger partial charge >= 0.3 is 0 Å². The maximum absolute atomic E-state index is 11.2. The second kappa shape index (κ2) is 4.17. The average molecular weight is 187 g/mol. The zero-order valence-corrected chi connectivity index (χ0v) is 8.49. The number of carbonyl (C=O) groups excluding carboxylic acids is 1. The van der Waals surface area contributed by atoms with Crippen molar-refractivity contribution in [2.75, 3.05) is 5.75 Å². The minimum atomic E-state index is 0.0834. The summed E-state index contributed by atoms with van der Waals surface area (Å²) in [5, 5.41) is 3.07. The molecule has 70 valence electrons. The summed E-state index contributed by atoms with van der Waals surface area (Å²) in [6.07, 6.45) is 5.30. The third-order valence-electron chi connectivity index (χ3n) is 2.49. The van der Waals surface area contributed by atoms with Gasteiger partial charge in [-0.25, -0.2) is 0 Å². The molecular formula is C9H17NOS. The van der Waals surface area contributed by atoms with Gasteiger partial charge in [0, 0.05) is 12.0 Å². The quantitative estimate of drug-likeness (QED) is 0.648. The molecular weight excluding hydrogens is 170 g/mol. The Balaban J connectivity index is 2.33. The molecule has 1 aliphatic carbocycles. The van der Waals surface area contributed by atoms with Gasteiger partial charge in [-0.3, -0.25) is 4.79 Å². The number of thiol groups is 1. The van der Waals surface area contributed by atoms with E-state index in [0.29, 0.717) is 12.2 Å². The van der Waals surface area contributed by atoms with Gasteiger partial charge < -0.3 is 5.32 Å². The van der Waals surface area contributed by atoms with Crippen LogP contribution < -0.4 is 5.32 Å². The summed E-state index contributed by atoms with van der Waals surface area (Å²) in [6, 6.07) is 0. The van der Waals surface area contributed by atoms with Crippen LogP contribution in [0.5, 0.6) is 0 Å². The van der Waals surface area contributed by atoms with Gasteiger partial charge in [0.05, 0.1) is 0 Å². The summed E-state index contributed by atoms with van der Waals surface area (Å²) >= 11 is 4.02. The lowest BCUT2D eigenvalue weighted by Gasteiger charge is -2.25. The molecule has 1 aliphatic rings. The average Bonchev–Trinajstić information content (AvgIpc) is 2.36. The smallest absolute Gasteiger partial charge is 0.221 e. The minimum absolute atomic E-state index is 0.0834. The summed E-state index contributed by atoms with van der Waals surface area (Å²) in [5.41, 5.74) is 0.0834. The van der Waals surface area contributed by atoms with E-state index in [1.165, 1.54) is 12.8 Å². The highest BCUT2D eigenvalue weighted by Gasteiger charge is 2.29. The van der Waals surface area contributed by atoms with Crippen molar-refractivity contribution in [3.8, 4) is 0 Å². The van der Waals surface area contributed by atoms with Crippen LogP contribution in [-0.2, 0) is 4.79 Å². The molecule has 1 fully saturated rings. The Morgan fingerprint density at radius 2 is 2.08 bits per heavy atom. The van der Waals surface area contributed by atoms with Crippen LogP contribution in [0, 0.1) is 0 Å². The van der Waals surface area contributed by atoms with E-state index in [2.05, 4.69) is 24.9 Å². The van der Waals surface area contributed by atoms with Crippen LogP contribution >= 0.6 is 12.6 Å². The molecule has 2 nitrogen and oxygen atoms in total. The summed E-state index contributed by atoms with van der Waals surface area (Å²) in [4.78, 5) is 11.2. The van der Waals surface area contributed by atoms with Crippen LogP contribution in [0.4, 0.5) is 0 Å². The summed E-state index contributed by atoms with van der Waals surface area (Å²) in [5.74, 6) is 0.788. The second-order valence-corrected chi connectivity index (χ2v) is 4.24. The highest BCUT2D eigenvalue weighted by atomic mass is 32.1. The highest BCUT2D eigenvalue weighted by Crippen LogP contribution is 2.28. The van der Waals surface area contributed by atoms with E-state index < -0.39 is 0 Å². The van der Waals surface area contributed by atoms with Crippen LogP contribution in [0.15, 0.2) is 0 Å². The Hall–Kier alpha value is -0.180. The third kappa shape index (κ3) is 2.70. The van der Waals surface area contributed by atoms with E-state index in [0.717, 1.165) is 12.8 Å². The summed E-state index contributed by atoms with van der Waals surface area (Å²) in [7, 11) is 0. The third-order valence-corrected chi connectivity index (χ3v) is 2.71. The minimum Gasteiger partial charge on any atom is -0.351 e. The standard InChI is InChI=1S/C9H17NOS/c1-9(5-2-3-6-9)10-8(11)4-7-12/h12H,2-7H2,1H3,(H,10,11). The monoisotopic (exact) mass is 187 g/mol. The molecule has 0 radical (unpaired) electrons. The molecule has 0 aliphatic heterocycles. The SMILES string of the molecule is CC1(NC(=O)CCS)CCCC1. The van der Waals surface area contributed by atoms with E-state index in [1.54, 1.807) is 0 Å². The molecule has 0 aromatic heterocycles.